The number of hydrogen-bond donors (Lipinski definition) is 1. The lowest BCUT2D eigenvalue weighted by Gasteiger charge is -2.16. The molecule has 0 unspecified atom stereocenters. The van der Waals surface area contributed by atoms with E-state index < -0.39 is 10.0 Å². The van der Waals surface area contributed by atoms with Crippen LogP contribution in [0.4, 0.5) is 0 Å². The van der Waals surface area contributed by atoms with Crippen molar-refractivity contribution in [3.63, 3.8) is 0 Å². The molecule has 0 aliphatic carbocycles. The first kappa shape index (κ1) is 16.2. The van der Waals surface area contributed by atoms with Gasteiger partial charge in [-0.2, -0.15) is 0 Å². The molecule has 1 heterocycles. The molecule has 0 fully saturated rings. The van der Waals surface area contributed by atoms with Gasteiger partial charge < -0.3 is 9.73 Å². The van der Waals surface area contributed by atoms with Gasteiger partial charge in [-0.1, -0.05) is 6.92 Å². The molecule has 0 aliphatic rings. The van der Waals surface area contributed by atoms with E-state index in [-0.39, 0.29) is 5.75 Å². The van der Waals surface area contributed by atoms with Gasteiger partial charge in [-0.05, 0) is 38.9 Å². The van der Waals surface area contributed by atoms with Crippen molar-refractivity contribution >= 4 is 10.0 Å². The van der Waals surface area contributed by atoms with Crippen molar-refractivity contribution in [1.82, 2.24) is 9.62 Å². The quantitative estimate of drug-likeness (QED) is 0.703. The highest BCUT2D eigenvalue weighted by atomic mass is 32.2. The van der Waals surface area contributed by atoms with E-state index in [9.17, 15) is 8.42 Å². The zero-order valence-corrected chi connectivity index (χ0v) is 12.8. The Morgan fingerprint density at radius 2 is 2.11 bits per heavy atom. The Labute approximate surface area is 116 Å². The summed E-state index contributed by atoms with van der Waals surface area (Å²) in [6.07, 6.45) is 3.28. The highest BCUT2D eigenvalue weighted by molar-refractivity contribution is 7.89. The van der Waals surface area contributed by atoms with E-state index in [1.165, 1.54) is 4.31 Å². The van der Waals surface area contributed by atoms with Crippen LogP contribution in [0.25, 0.3) is 0 Å². The van der Waals surface area contributed by atoms with E-state index in [0.717, 1.165) is 30.8 Å². The zero-order chi connectivity index (χ0) is 14.3. The predicted molar refractivity (Wildman–Crippen MR) is 76.5 cm³/mol. The van der Waals surface area contributed by atoms with Gasteiger partial charge in [0.2, 0.25) is 10.0 Å². The van der Waals surface area contributed by atoms with Gasteiger partial charge in [-0.25, -0.2) is 12.7 Å². The molecule has 19 heavy (non-hydrogen) atoms. The summed E-state index contributed by atoms with van der Waals surface area (Å²) in [6, 6.07) is 1.81. The van der Waals surface area contributed by atoms with Crippen molar-refractivity contribution in [2.75, 3.05) is 25.9 Å². The standard InChI is InChI=1S/C13H24N2O3S/c1-4-7-14-8-5-10-19(16,17)15(3)11-13-6-9-18-12(13)2/h6,9,14H,4-5,7-8,10-11H2,1-3H3. The van der Waals surface area contributed by atoms with Crippen LogP contribution in [-0.4, -0.2) is 38.6 Å². The van der Waals surface area contributed by atoms with E-state index in [0.29, 0.717) is 13.0 Å². The van der Waals surface area contributed by atoms with Crippen LogP contribution in [0.1, 0.15) is 31.1 Å². The van der Waals surface area contributed by atoms with Crippen LogP contribution in [0.3, 0.4) is 0 Å². The highest BCUT2D eigenvalue weighted by Crippen LogP contribution is 2.13. The van der Waals surface area contributed by atoms with Gasteiger partial charge >= 0.3 is 0 Å². The summed E-state index contributed by atoms with van der Waals surface area (Å²) in [7, 11) is -1.58. The molecule has 110 valence electrons. The van der Waals surface area contributed by atoms with Crippen LogP contribution in [0.5, 0.6) is 0 Å². The molecule has 1 rings (SSSR count). The molecule has 0 saturated heterocycles. The van der Waals surface area contributed by atoms with Gasteiger partial charge in [0.15, 0.2) is 0 Å². The second kappa shape index (κ2) is 7.67. The van der Waals surface area contributed by atoms with E-state index in [2.05, 4.69) is 12.2 Å². The Bertz CT molecular complexity index is 468. The Kier molecular flexibility index (Phi) is 6.54. The second-order valence-corrected chi connectivity index (χ2v) is 6.87. The summed E-state index contributed by atoms with van der Waals surface area (Å²) in [5, 5.41) is 3.20. The summed E-state index contributed by atoms with van der Waals surface area (Å²) >= 11 is 0. The first-order valence-corrected chi connectivity index (χ1v) is 8.26. The van der Waals surface area contributed by atoms with Crippen LogP contribution in [0, 0.1) is 6.92 Å². The topological polar surface area (TPSA) is 62.6 Å². The fourth-order valence-electron chi connectivity index (χ4n) is 1.75. The maximum Gasteiger partial charge on any atom is 0.214 e. The van der Waals surface area contributed by atoms with Crippen LogP contribution in [0.15, 0.2) is 16.7 Å². The lowest BCUT2D eigenvalue weighted by molar-refractivity contribution is 0.457. The second-order valence-electron chi connectivity index (χ2n) is 4.68. The zero-order valence-electron chi connectivity index (χ0n) is 12.0. The SMILES string of the molecule is CCCNCCCS(=O)(=O)N(C)Cc1ccoc1C. The summed E-state index contributed by atoms with van der Waals surface area (Å²) in [5.41, 5.74) is 0.912. The first-order valence-electron chi connectivity index (χ1n) is 6.65. The van der Waals surface area contributed by atoms with Crippen molar-refractivity contribution in [2.45, 2.75) is 33.2 Å². The smallest absolute Gasteiger partial charge is 0.214 e. The third-order valence-electron chi connectivity index (χ3n) is 3.02. The van der Waals surface area contributed by atoms with Crippen molar-refractivity contribution in [1.29, 1.82) is 0 Å². The number of nitrogens with zero attached hydrogens (tertiary/aromatic N) is 1. The monoisotopic (exact) mass is 288 g/mol. The molecule has 1 aromatic heterocycles. The van der Waals surface area contributed by atoms with E-state index >= 15 is 0 Å². The Balaban J connectivity index is 2.41. The number of aryl methyl sites for hydroxylation is 1. The van der Waals surface area contributed by atoms with E-state index in [1.807, 2.05) is 13.0 Å². The van der Waals surface area contributed by atoms with Gasteiger partial charge in [0.25, 0.3) is 0 Å². The minimum Gasteiger partial charge on any atom is -0.469 e. The van der Waals surface area contributed by atoms with Crippen LogP contribution in [-0.2, 0) is 16.6 Å². The summed E-state index contributed by atoms with van der Waals surface area (Å²) in [5.74, 6) is 0.948. The van der Waals surface area contributed by atoms with Crippen molar-refractivity contribution < 1.29 is 12.8 Å². The molecule has 0 bridgehead atoms. The van der Waals surface area contributed by atoms with Crippen LogP contribution >= 0.6 is 0 Å². The molecule has 5 nitrogen and oxygen atoms in total. The average molecular weight is 288 g/mol. The molecule has 0 aromatic carbocycles. The Morgan fingerprint density at radius 1 is 1.37 bits per heavy atom. The first-order chi connectivity index (χ1) is 8.97. The third kappa shape index (κ3) is 5.34. The third-order valence-corrected chi connectivity index (χ3v) is 4.90. The largest absolute Gasteiger partial charge is 0.469 e. The van der Waals surface area contributed by atoms with Gasteiger partial charge in [0.1, 0.15) is 5.76 Å². The number of hydrogen-bond acceptors (Lipinski definition) is 4. The fraction of sp³-hybridized carbons (Fsp3) is 0.692. The predicted octanol–water partition coefficient (Wildman–Crippen LogP) is 1.74. The molecule has 0 radical (unpaired) electrons. The minimum atomic E-state index is -3.19. The average Bonchev–Trinajstić information content (AvgIpc) is 2.74. The molecular weight excluding hydrogens is 264 g/mol. The summed E-state index contributed by atoms with van der Waals surface area (Å²) in [6.45, 7) is 5.97. The maximum atomic E-state index is 12.1. The van der Waals surface area contributed by atoms with Crippen molar-refractivity contribution in [3.05, 3.63) is 23.7 Å². The number of sulfonamides is 1. The lowest BCUT2D eigenvalue weighted by Crippen LogP contribution is -2.30. The number of furan rings is 1. The molecule has 0 saturated carbocycles. The summed E-state index contributed by atoms with van der Waals surface area (Å²) in [4.78, 5) is 0. The molecule has 6 heteroatoms. The van der Waals surface area contributed by atoms with Gasteiger partial charge in [0, 0.05) is 19.2 Å². The Hall–Kier alpha value is -0.850. The highest BCUT2D eigenvalue weighted by Gasteiger charge is 2.18. The van der Waals surface area contributed by atoms with E-state index in [1.54, 1.807) is 13.3 Å². The molecule has 0 spiro atoms. The van der Waals surface area contributed by atoms with Gasteiger partial charge in [-0.15, -0.1) is 0 Å². The fourth-order valence-corrected chi connectivity index (χ4v) is 2.91. The summed E-state index contributed by atoms with van der Waals surface area (Å²) < 4.78 is 30.7. The lowest BCUT2D eigenvalue weighted by atomic mass is 10.3. The van der Waals surface area contributed by atoms with Crippen molar-refractivity contribution in [3.8, 4) is 0 Å². The number of rotatable bonds is 9. The van der Waals surface area contributed by atoms with Crippen LogP contribution < -0.4 is 5.32 Å². The van der Waals surface area contributed by atoms with Gasteiger partial charge in [0.05, 0.1) is 12.0 Å². The minimum absolute atomic E-state index is 0.178. The van der Waals surface area contributed by atoms with Crippen molar-refractivity contribution in [2.24, 2.45) is 0 Å². The molecular formula is C13H24N2O3S. The molecule has 0 amide bonds. The molecule has 1 N–H and O–H groups in total. The Morgan fingerprint density at radius 3 is 2.68 bits per heavy atom. The molecule has 1 aromatic rings. The normalized spacial score (nSPS) is 12.2. The van der Waals surface area contributed by atoms with E-state index in [4.69, 9.17) is 4.42 Å². The molecule has 0 aliphatic heterocycles. The van der Waals surface area contributed by atoms with Gasteiger partial charge in [-0.3, -0.25) is 0 Å². The molecule has 0 atom stereocenters. The van der Waals surface area contributed by atoms with Crippen LogP contribution in [0.2, 0.25) is 0 Å². The maximum absolute atomic E-state index is 12.1. The number of nitrogens with one attached hydrogen (secondary N) is 1.